The number of ether oxygens (including phenoxy) is 5. The van der Waals surface area contributed by atoms with E-state index in [0.29, 0.717) is 53.6 Å². The van der Waals surface area contributed by atoms with Crippen LogP contribution in [0.2, 0.25) is 0 Å². The number of amides is 2. The molecule has 0 aliphatic carbocycles. The lowest BCUT2D eigenvalue weighted by Crippen LogP contribution is -2.42. The van der Waals surface area contributed by atoms with Gasteiger partial charge in [0.05, 0.1) is 10.8 Å². The number of benzene rings is 2. The van der Waals surface area contributed by atoms with E-state index in [4.69, 9.17) is 23.7 Å². The van der Waals surface area contributed by atoms with Crippen LogP contribution in [0.25, 0.3) is 0 Å². The molecule has 0 radical (unpaired) electrons. The molecule has 2 unspecified atom stereocenters. The lowest BCUT2D eigenvalue weighted by atomic mass is 9.90. The van der Waals surface area contributed by atoms with Crippen LogP contribution in [0.1, 0.15) is 40.4 Å². The zero-order valence-electron chi connectivity index (χ0n) is 21.9. The maximum atomic E-state index is 12.8. The molecule has 3 aromatic rings. The Hall–Kier alpha value is -4.25. The fraction of sp³-hybridized carbons (Fsp3) is 0.310. The number of pyridine rings is 1. The minimum absolute atomic E-state index is 0.0108. The topological polar surface area (TPSA) is 122 Å². The molecule has 6 rings (SSSR count). The number of fused-ring (bicyclic) bond motifs is 3. The molecule has 4 heterocycles. The number of hydrogen-bond acceptors (Lipinski definition) is 10. The molecule has 11 heteroatoms. The molecular formula is C29H26N2O8S. The molecule has 2 amide bonds. The van der Waals surface area contributed by atoms with Gasteiger partial charge in [0.2, 0.25) is 24.2 Å². The summed E-state index contributed by atoms with van der Waals surface area (Å²) >= 11 is 1.01. The van der Waals surface area contributed by atoms with Crippen LogP contribution in [0.3, 0.4) is 0 Å². The van der Waals surface area contributed by atoms with Gasteiger partial charge in [-0.05, 0) is 62.9 Å². The summed E-state index contributed by atoms with van der Waals surface area (Å²) in [6.45, 7) is 4.13. The number of carbonyl (C=O) groups excluding carboxylic acids is 3. The van der Waals surface area contributed by atoms with Crippen molar-refractivity contribution >= 4 is 28.9 Å². The number of carbonyl (C=O) groups is 3. The number of nitrogens with one attached hydrogen (secondary N) is 1. The van der Waals surface area contributed by atoms with Crippen LogP contribution in [-0.4, -0.2) is 46.4 Å². The standard InChI is InChI=1S/C29H26N2O8S/c1-16-20-7-10-29(2,14-35-19-5-3-17(4-6-19)13-21-26(32)31-28(34)40-21)39-23(20)25-24(36-15-37-25)22(16)38-27(33)18-8-11-30-12-9-18/h3-6,8-9,11-12,21H,7,10,13-15H2,1-2H3,(H,31,32,34). The summed E-state index contributed by atoms with van der Waals surface area (Å²) in [4.78, 5) is 40.0. The second kappa shape index (κ2) is 10.4. The van der Waals surface area contributed by atoms with Gasteiger partial charge in [-0.1, -0.05) is 23.9 Å². The van der Waals surface area contributed by atoms with Crippen LogP contribution in [0, 0.1) is 6.92 Å². The van der Waals surface area contributed by atoms with Crippen LogP contribution in [0.5, 0.6) is 28.7 Å². The van der Waals surface area contributed by atoms with Gasteiger partial charge in [-0.25, -0.2) is 4.79 Å². The average Bonchev–Trinajstić information content (AvgIpc) is 3.57. The third-order valence-electron chi connectivity index (χ3n) is 7.11. The van der Waals surface area contributed by atoms with Gasteiger partial charge in [-0.3, -0.25) is 19.9 Å². The number of aromatic nitrogens is 1. The molecule has 206 valence electrons. The number of imide groups is 1. The van der Waals surface area contributed by atoms with E-state index in [1.807, 2.05) is 38.1 Å². The lowest BCUT2D eigenvalue weighted by molar-refractivity contribution is -0.118. The van der Waals surface area contributed by atoms with Crippen LogP contribution >= 0.6 is 11.8 Å². The Labute approximate surface area is 234 Å². The molecule has 3 aliphatic heterocycles. The van der Waals surface area contributed by atoms with Gasteiger partial charge < -0.3 is 23.7 Å². The zero-order chi connectivity index (χ0) is 27.9. The van der Waals surface area contributed by atoms with Gasteiger partial charge in [-0.2, -0.15) is 0 Å². The van der Waals surface area contributed by atoms with E-state index in [9.17, 15) is 14.4 Å². The summed E-state index contributed by atoms with van der Waals surface area (Å²) in [6.07, 6.45) is 4.86. The van der Waals surface area contributed by atoms with Crippen molar-refractivity contribution in [1.29, 1.82) is 0 Å². The molecule has 3 aliphatic rings. The second-order valence-corrected chi connectivity index (χ2v) is 11.2. The van der Waals surface area contributed by atoms with E-state index in [1.165, 1.54) is 12.4 Å². The van der Waals surface area contributed by atoms with Gasteiger partial charge in [0.15, 0.2) is 11.5 Å². The summed E-state index contributed by atoms with van der Waals surface area (Å²) in [5.41, 5.74) is 2.33. The number of hydrogen-bond donors (Lipinski definition) is 1. The Bertz CT molecular complexity index is 1490. The Kier molecular flexibility index (Phi) is 6.75. The van der Waals surface area contributed by atoms with E-state index in [-0.39, 0.29) is 24.5 Å². The molecule has 1 aromatic heterocycles. The molecular weight excluding hydrogens is 536 g/mol. The quantitative estimate of drug-likeness (QED) is 0.328. The maximum absolute atomic E-state index is 12.8. The van der Waals surface area contributed by atoms with Crippen molar-refractivity contribution in [3.8, 4) is 28.7 Å². The van der Waals surface area contributed by atoms with Crippen molar-refractivity contribution in [2.24, 2.45) is 0 Å². The number of rotatable bonds is 7. The molecule has 0 spiro atoms. The predicted molar refractivity (Wildman–Crippen MR) is 144 cm³/mol. The Morgan fingerprint density at radius 3 is 2.58 bits per heavy atom. The predicted octanol–water partition coefficient (Wildman–Crippen LogP) is 4.39. The van der Waals surface area contributed by atoms with Crippen molar-refractivity contribution in [3.05, 3.63) is 71.0 Å². The van der Waals surface area contributed by atoms with Gasteiger partial charge in [-0.15, -0.1) is 0 Å². The summed E-state index contributed by atoms with van der Waals surface area (Å²) in [5, 5.41) is 1.59. The molecule has 2 aromatic carbocycles. The SMILES string of the molecule is Cc1c2c(c3c(c1OC(=O)c1ccncc1)OCO3)OC(C)(COc1ccc(CC3SC(=O)NC3=O)cc1)CC2. The normalized spacial score (nSPS) is 20.9. The second-order valence-electron chi connectivity index (χ2n) is 10.0. The third kappa shape index (κ3) is 5.04. The Balaban J connectivity index is 1.15. The minimum atomic E-state index is -0.647. The fourth-order valence-corrected chi connectivity index (χ4v) is 5.75. The molecule has 0 bridgehead atoms. The highest BCUT2D eigenvalue weighted by atomic mass is 32.2. The van der Waals surface area contributed by atoms with Crippen molar-refractivity contribution in [2.45, 2.75) is 44.0 Å². The zero-order valence-corrected chi connectivity index (χ0v) is 22.7. The van der Waals surface area contributed by atoms with Gasteiger partial charge in [0.1, 0.15) is 18.0 Å². The monoisotopic (exact) mass is 562 g/mol. The summed E-state index contributed by atoms with van der Waals surface area (Å²) < 4.78 is 29.8. The van der Waals surface area contributed by atoms with Crippen LogP contribution < -0.4 is 29.0 Å². The van der Waals surface area contributed by atoms with Crippen LogP contribution in [-0.2, 0) is 17.6 Å². The number of thioether (sulfide) groups is 1. The van der Waals surface area contributed by atoms with Crippen molar-refractivity contribution in [3.63, 3.8) is 0 Å². The first-order valence-corrected chi connectivity index (χ1v) is 13.7. The molecule has 2 atom stereocenters. The van der Waals surface area contributed by atoms with Crippen LogP contribution in [0.15, 0.2) is 48.8 Å². The van der Waals surface area contributed by atoms with Gasteiger partial charge in [0.25, 0.3) is 5.24 Å². The summed E-state index contributed by atoms with van der Waals surface area (Å²) in [6, 6.07) is 10.6. The van der Waals surface area contributed by atoms with Crippen molar-refractivity contribution < 1.29 is 38.1 Å². The van der Waals surface area contributed by atoms with E-state index < -0.39 is 16.8 Å². The highest BCUT2D eigenvalue weighted by Gasteiger charge is 2.40. The minimum Gasteiger partial charge on any atom is -0.489 e. The van der Waals surface area contributed by atoms with Crippen LogP contribution in [0.4, 0.5) is 4.79 Å². The van der Waals surface area contributed by atoms with Crippen molar-refractivity contribution in [1.82, 2.24) is 10.3 Å². The van der Waals surface area contributed by atoms with Gasteiger partial charge >= 0.3 is 5.97 Å². The molecule has 1 saturated heterocycles. The van der Waals surface area contributed by atoms with E-state index in [2.05, 4.69) is 10.3 Å². The summed E-state index contributed by atoms with van der Waals surface area (Å²) in [7, 11) is 0. The smallest absolute Gasteiger partial charge is 0.343 e. The van der Waals surface area contributed by atoms with E-state index >= 15 is 0 Å². The first kappa shape index (κ1) is 26.0. The molecule has 1 fully saturated rings. The third-order valence-corrected chi connectivity index (χ3v) is 8.09. The molecule has 0 saturated carbocycles. The first-order valence-electron chi connectivity index (χ1n) is 12.8. The van der Waals surface area contributed by atoms with E-state index in [1.54, 1.807) is 12.1 Å². The van der Waals surface area contributed by atoms with E-state index in [0.717, 1.165) is 28.5 Å². The molecule has 10 nitrogen and oxygen atoms in total. The maximum Gasteiger partial charge on any atom is 0.343 e. The highest BCUT2D eigenvalue weighted by molar-refractivity contribution is 8.15. The highest BCUT2D eigenvalue weighted by Crippen LogP contribution is 2.55. The largest absolute Gasteiger partial charge is 0.489 e. The van der Waals surface area contributed by atoms with Gasteiger partial charge in [0, 0.05) is 23.5 Å². The first-order chi connectivity index (χ1) is 19.3. The molecule has 1 N–H and O–H groups in total. The van der Waals surface area contributed by atoms with Crippen molar-refractivity contribution in [2.75, 3.05) is 13.4 Å². The lowest BCUT2D eigenvalue weighted by Gasteiger charge is -2.36. The summed E-state index contributed by atoms with van der Waals surface area (Å²) in [5.74, 6) is 1.56. The Morgan fingerprint density at radius 2 is 1.85 bits per heavy atom. The number of nitrogens with zero attached hydrogens (tertiary/aromatic N) is 1. The number of esters is 1. The Morgan fingerprint density at radius 1 is 1.10 bits per heavy atom. The fourth-order valence-electron chi connectivity index (χ4n) is 4.89. The average molecular weight is 563 g/mol. The molecule has 40 heavy (non-hydrogen) atoms.